The van der Waals surface area contributed by atoms with Gasteiger partial charge in [0.2, 0.25) is 5.75 Å². The van der Waals surface area contributed by atoms with Gasteiger partial charge < -0.3 is 15.6 Å². The molecule has 8 heteroatoms. The lowest BCUT2D eigenvalue weighted by Gasteiger charge is -2.10. The van der Waals surface area contributed by atoms with Gasteiger partial charge in [-0.25, -0.2) is 4.39 Å². The Bertz CT molecular complexity index is 416. The molecule has 1 atom stereocenters. The van der Waals surface area contributed by atoms with Crippen LogP contribution in [0.1, 0.15) is 11.6 Å². The van der Waals surface area contributed by atoms with Crippen molar-refractivity contribution in [2.45, 2.75) is 6.04 Å². The van der Waals surface area contributed by atoms with Gasteiger partial charge in [-0.1, -0.05) is 0 Å². The molecule has 0 fully saturated rings. The molecule has 0 unspecified atom stereocenters. The fourth-order valence-corrected chi connectivity index (χ4v) is 1.21. The third-order valence-electron chi connectivity index (χ3n) is 2.09. The normalized spacial score (nSPS) is 11.5. The summed E-state index contributed by atoms with van der Waals surface area (Å²) in [6.07, 6.45) is 0. The number of methoxy groups -OCH3 is 1. The first-order valence-corrected chi connectivity index (χ1v) is 4.38. The Morgan fingerprint density at radius 2 is 2.24 bits per heavy atom. The summed E-state index contributed by atoms with van der Waals surface area (Å²) in [5.41, 5.74) is 5.04. The van der Waals surface area contributed by atoms with Gasteiger partial charge >= 0.3 is 5.69 Å². The second kappa shape index (κ2) is 6.21. The summed E-state index contributed by atoms with van der Waals surface area (Å²) in [7, 11) is 1.24. The zero-order chi connectivity index (χ0) is 12.3. The fourth-order valence-electron chi connectivity index (χ4n) is 1.21. The number of benzene rings is 1. The van der Waals surface area contributed by atoms with Crippen LogP contribution in [0.3, 0.4) is 0 Å². The van der Waals surface area contributed by atoms with E-state index in [-0.39, 0.29) is 23.7 Å². The number of nitrogens with two attached hydrogens (primary N) is 1. The zero-order valence-corrected chi connectivity index (χ0v) is 9.74. The molecule has 0 radical (unpaired) electrons. The van der Waals surface area contributed by atoms with Gasteiger partial charge in [-0.3, -0.25) is 10.1 Å². The van der Waals surface area contributed by atoms with Crippen molar-refractivity contribution in [3.05, 3.63) is 27.8 Å². The summed E-state index contributed by atoms with van der Waals surface area (Å²) in [6, 6.07) is 1.32. The van der Waals surface area contributed by atoms with E-state index in [1.54, 1.807) is 0 Å². The van der Waals surface area contributed by atoms with Crippen LogP contribution in [0, 0.1) is 10.1 Å². The van der Waals surface area contributed by atoms with E-state index in [1.165, 1.54) is 13.2 Å². The van der Waals surface area contributed by atoms with Crippen molar-refractivity contribution >= 4 is 18.1 Å². The predicted octanol–water partition coefficient (Wildman–Crippen LogP) is 1.70. The average Bonchev–Trinajstić information content (AvgIpc) is 2.27. The van der Waals surface area contributed by atoms with Gasteiger partial charge in [0, 0.05) is 6.07 Å². The van der Waals surface area contributed by atoms with Crippen molar-refractivity contribution in [1.82, 2.24) is 0 Å². The van der Waals surface area contributed by atoms with E-state index in [1.807, 2.05) is 0 Å². The molecule has 3 N–H and O–H groups in total. The van der Waals surface area contributed by atoms with Crippen LogP contribution in [0.2, 0.25) is 0 Å². The molecule has 0 aliphatic rings. The van der Waals surface area contributed by atoms with E-state index < -0.39 is 29.1 Å². The summed E-state index contributed by atoms with van der Waals surface area (Å²) in [5, 5.41) is 20.0. The summed E-state index contributed by atoms with van der Waals surface area (Å²) >= 11 is 0. The Hall–Kier alpha value is -1.60. The fraction of sp³-hybridized carbons (Fsp3) is 0.333. The van der Waals surface area contributed by atoms with Crippen molar-refractivity contribution in [2.75, 3.05) is 13.8 Å². The summed E-state index contributed by atoms with van der Waals surface area (Å²) < 4.78 is 17.1. The number of nitro groups is 1. The molecule has 1 rings (SSSR count). The Kier molecular flexibility index (Phi) is 5.63. The molecule has 1 aromatic carbocycles. The highest BCUT2D eigenvalue weighted by Crippen LogP contribution is 2.38. The van der Waals surface area contributed by atoms with Crippen molar-refractivity contribution < 1.29 is 19.2 Å². The number of hydrogen-bond acceptors (Lipinski definition) is 5. The third kappa shape index (κ3) is 3.18. The molecule has 1 aromatic rings. The number of alkyl halides is 1. The lowest BCUT2D eigenvalue weighted by molar-refractivity contribution is -0.386. The van der Waals surface area contributed by atoms with Gasteiger partial charge in [-0.2, -0.15) is 0 Å². The molecular formula is C9H12ClFN2O4. The van der Waals surface area contributed by atoms with Crippen molar-refractivity contribution in [3.8, 4) is 11.5 Å². The van der Waals surface area contributed by atoms with Crippen LogP contribution in [-0.4, -0.2) is 23.8 Å². The molecule has 17 heavy (non-hydrogen) atoms. The quantitative estimate of drug-likeness (QED) is 0.638. The number of phenols is 1. The largest absolute Gasteiger partial charge is 0.500 e. The summed E-state index contributed by atoms with van der Waals surface area (Å²) in [4.78, 5) is 9.82. The molecule has 0 amide bonds. The third-order valence-corrected chi connectivity index (χ3v) is 2.09. The molecule has 6 nitrogen and oxygen atoms in total. The van der Waals surface area contributed by atoms with E-state index in [2.05, 4.69) is 0 Å². The Morgan fingerprint density at radius 1 is 1.65 bits per heavy atom. The SMILES string of the molecule is COc1cc([C@H](N)CF)cc([N+](=O)[O-])c1O.Cl. The second-order valence-electron chi connectivity index (χ2n) is 3.11. The number of rotatable bonds is 4. The molecule has 96 valence electrons. The van der Waals surface area contributed by atoms with E-state index in [4.69, 9.17) is 10.5 Å². The van der Waals surface area contributed by atoms with Crippen LogP contribution >= 0.6 is 12.4 Å². The predicted molar refractivity (Wildman–Crippen MR) is 61.5 cm³/mol. The lowest BCUT2D eigenvalue weighted by atomic mass is 10.1. The molecule has 0 spiro atoms. The number of phenolic OH excluding ortho intramolecular Hbond substituents is 1. The van der Waals surface area contributed by atoms with Gasteiger partial charge in [0.05, 0.1) is 18.1 Å². The summed E-state index contributed by atoms with van der Waals surface area (Å²) in [5.74, 6) is -0.699. The van der Waals surface area contributed by atoms with Crippen LogP contribution < -0.4 is 10.5 Å². The number of halogens is 2. The first-order valence-electron chi connectivity index (χ1n) is 4.38. The Labute approximate surface area is 103 Å². The number of nitrogens with zero attached hydrogens (tertiary/aromatic N) is 1. The van der Waals surface area contributed by atoms with Crippen molar-refractivity contribution in [2.24, 2.45) is 5.73 Å². The molecule has 0 aliphatic heterocycles. The monoisotopic (exact) mass is 266 g/mol. The Morgan fingerprint density at radius 3 is 2.65 bits per heavy atom. The van der Waals surface area contributed by atoms with Gasteiger partial charge in [-0.15, -0.1) is 12.4 Å². The van der Waals surface area contributed by atoms with E-state index in [9.17, 15) is 19.6 Å². The van der Waals surface area contributed by atoms with E-state index in [0.717, 1.165) is 6.07 Å². The van der Waals surface area contributed by atoms with Crippen LogP contribution in [0.4, 0.5) is 10.1 Å². The van der Waals surface area contributed by atoms with Crippen molar-refractivity contribution in [3.63, 3.8) is 0 Å². The zero-order valence-electron chi connectivity index (χ0n) is 8.92. The smallest absolute Gasteiger partial charge is 0.314 e. The minimum Gasteiger partial charge on any atom is -0.500 e. The van der Waals surface area contributed by atoms with Gasteiger partial charge in [0.1, 0.15) is 6.67 Å². The molecule has 0 saturated carbocycles. The number of hydrogen-bond donors (Lipinski definition) is 2. The standard InChI is InChI=1S/C9H11FN2O4.ClH/c1-16-8-3-5(6(11)4-10)2-7(9(8)13)12(14)15;/h2-3,6,13H,4,11H2,1H3;1H/t6-;/m1./s1. The van der Waals surface area contributed by atoms with Crippen LogP contribution in [0.25, 0.3) is 0 Å². The van der Waals surface area contributed by atoms with Crippen LogP contribution in [0.5, 0.6) is 11.5 Å². The van der Waals surface area contributed by atoms with Gasteiger partial charge in [-0.05, 0) is 11.6 Å². The maximum atomic E-state index is 12.3. The molecule has 0 bridgehead atoms. The van der Waals surface area contributed by atoms with Crippen LogP contribution in [-0.2, 0) is 0 Å². The molecule has 0 aromatic heterocycles. The molecule has 0 aliphatic carbocycles. The lowest BCUT2D eigenvalue weighted by Crippen LogP contribution is -2.12. The van der Waals surface area contributed by atoms with E-state index in [0.29, 0.717) is 0 Å². The highest BCUT2D eigenvalue weighted by Gasteiger charge is 2.21. The maximum absolute atomic E-state index is 12.3. The second-order valence-corrected chi connectivity index (χ2v) is 3.11. The maximum Gasteiger partial charge on any atom is 0.314 e. The Balaban J connectivity index is 0.00000256. The molecular weight excluding hydrogens is 255 g/mol. The topological polar surface area (TPSA) is 98.6 Å². The first-order chi connectivity index (χ1) is 7.51. The van der Waals surface area contributed by atoms with Crippen molar-refractivity contribution in [1.29, 1.82) is 0 Å². The first kappa shape index (κ1) is 15.4. The van der Waals surface area contributed by atoms with Gasteiger partial charge in [0.15, 0.2) is 5.75 Å². The van der Waals surface area contributed by atoms with E-state index >= 15 is 0 Å². The highest BCUT2D eigenvalue weighted by atomic mass is 35.5. The number of aromatic hydroxyl groups is 1. The highest BCUT2D eigenvalue weighted by molar-refractivity contribution is 5.85. The number of ether oxygens (including phenoxy) is 1. The minimum atomic E-state index is -0.979. The minimum absolute atomic E-state index is 0. The van der Waals surface area contributed by atoms with Gasteiger partial charge in [0.25, 0.3) is 0 Å². The molecule has 0 heterocycles. The summed E-state index contributed by atoms with van der Waals surface area (Å²) in [6.45, 7) is -0.856. The number of nitro benzene ring substituents is 1. The molecule has 0 saturated heterocycles. The average molecular weight is 267 g/mol. The van der Waals surface area contributed by atoms with Crippen LogP contribution in [0.15, 0.2) is 12.1 Å².